The standard InChI is InChI=1S/C19H32N4O2/c1-19(2)11-13(12-19)9-17(24)20-15-8-6-5-7-14(15)10-16-21-23(4)18(25)22(16)3/h13-15H,5-12H2,1-4H3,(H,20,24)/t14-,15-/m1/s1. The van der Waals surface area contributed by atoms with E-state index in [9.17, 15) is 9.59 Å². The van der Waals surface area contributed by atoms with E-state index in [2.05, 4.69) is 24.3 Å². The molecule has 1 aromatic rings. The molecule has 0 unspecified atom stereocenters. The Balaban J connectivity index is 1.58. The maximum Gasteiger partial charge on any atom is 0.345 e. The first-order valence-corrected chi connectivity index (χ1v) is 9.63. The second-order valence-corrected chi connectivity index (χ2v) is 8.95. The van der Waals surface area contributed by atoms with Crippen LogP contribution < -0.4 is 11.0 Å². The van der Waals surface area contributed by atoms with Crippen molar-refractivity contribution in [1.82, 2.24) is 19.7 Å². The molecule has 6 nitrogen and oxygen atoms in total. The molecule has 140 valence electrons. The third-order valence-corrected chi connectivity index (χ3v) is 6.07. The van der Waals surface area contributed by atoms with Gasteiger partial charge in [0, 0.05) is 33.0 Å². The van der Waals surface area contributed by atoms with Gasteiger partial charge in [-0.25, -0.2) is 9.48 Å². The number of aryl methyl sites for hydroxylation is 1. The van der Waals surface area contributed by atoms with Gasteiger partial charge in [-0.05, 0) is 42.9 Å². The number of hydrogen-bond acceptors (Lipinski definition) is 3. The van der Waals surface area contributed by atoms with Crippen LogP contribution in [0.3, 0.4) is 0 Å². The molecule has 2 aliphatic carbocycles. The highest BCUT2D eigenvalue weighted by Gasteiger charge is 2.37. The quantitative estimate of drug-likeness (QED) is 0.886. The van der Waals surface area contributed by atoms with Crippen LogP contribution in [0, 0.1) is 17.3 Å². The molecule has 2 saturated carbocycles. The van der Waals surface area contributed by atoms with Crippen LogP contribution in [0.4, 0.5) is 0 Å². The Morgan fingerprint density at radius 2 is 1.92 bits per heavy atom. The molecule has 2 aliphatic rings. The van der Waals surface area contributed by atoms with Gasteiger partial charge in [-0.3, -0.25) is 9.36 Å². The van der Waals surface area contributed by atoms with Crippen LogP contribution in [0.2, 0.25) is 0 Å². The highest BCUT2D eigenvalue weighted by Crippen LogP contribution is 2.46. The van der Waals surface area contributed by atoms with Crippen molar-refractivity contribution in [2.75, 3.05) is 0 Å². The average Bonchev–Trinajstić information content (AvgIpc) is 2.74. The topological polar surface area (TPSA) is 68.9 Å². The van der Waals surface area contributed by atoms with E-state index >= 15 is 0 Å². The Kier molecular flexibility index (Phi) is 5.07. The summed E-state index contributed by atoms with van der Waals surface area (Å²) in [5, 5.41) is 7.65. The van der Waals surface area contributed by atoms with Crippen molar-refractivity contribution >= 4 is 5.91 Å². The average molecular weight is 348 g/mol. The van der Waals surface area contributed by atoms with Gasteiger partial charge in [0.05, 0.1) is 0 Å². The van der Waals surface area contributed by atoms with Gasteiger partial charge >= 0.3 is 5.69 Å². The highest BCUT2D eigenvalue weighted by atomic mass is 16.2. The maximum atomic E-state index is 12.5. The Labute approximate surface area is 150 Å². The predicted octanol–water partition coefficient (Wildman–Crippen LogP) is 2.16. The molecule has 25 heavy (non-hydrogen) atoms. The lowest BCUT2D eigenvalue weighted by molar-refractivity contribution is -0.125. The molecule has 2 atom stereocenters. The van der Waals surface area contributed by atoms with Crippen molar-refractivity contribution in [2.45, 2.75) is 71.3 Å². The molecule has 0 radical (unpaired) electrons. The van der Waals surface area contributed by atoms with Gasteiger partial charge in [0.1, 0.15) is 5.82 Å². The predicted molar refractivity (Wildman–Crippen MR) is 97.2 cm³/mol. The van der Waals surface area contributed by atoms with Crippen LogP contribution in [0.25, 0.3) is 0 Å². The molecule has 1 aromatic heterocycles. The summed E-state index contributed by atoms with van der Waals surface area (Å²) in [6.45, 7) is 4.55. The van der Waals surface area contributed by atoms with Crippen LogP contribution in [0.1, 0.15) is 64.6 Å². The molecule has 1 N–H and O–H groups in total. The van der Waals surface area contributed by atoms with Gasteiger partial charge in [-0.2, -0.15) is 5.10 Å². The molecule has 0 bridgehead atoms. The largest absolute Gasteiger partial charge is 0.353 e. The zero-order valence-electron chi connectivity index (χ0n) is 16.0. The monoisotopic (exact) mass is 348 g/mol. The molecule has 1 heterocycles. The Hall–Kier alpha value is -1.59. The van der Waals surface area contributed by atoms with E-state index < -0.39 is 0 Å². The van der Waals surface area contributed by atoms with Gasteiger partial charge in [-0.1, -0.05) is 26.7 Å². The van der Waals surface area contributed by atoms with Crippen molar-refractivity contribution in [2.24, 2.45) is 31.3 Å². The van der Waals surface area contributed by atoms with E-state index in [1.807, 2.05) is 0 Å². The van der Waals surface area contributed by atoms with Gasteiger partial charge < -0.3 is 5.32 Å². The third-order valence-electron chi connectivity index (χ3n) is 6.07. The van der Waals surface area contributed by atoms with Crippen LogP contribution >= 0.6 is 0 Å². The second-order valence-electron chi connectivity index (χ2n) is 8.95. The number of aromatic nitrogens is 3. The van der Waals surface area contributed by atoms with Gasteiger partial charge in [0.25, 0.3) is 0 Å². The normalized spacial score (nSPS) is 26.2. The molecular weight excluding hydrogens is 316 g/mol. The number of nitrogens with one attached hydrogen (secondary N) is 1. The molecule has 2 fully saturated rings. The first-order valence-electron chi connectivity index (χ1n) is 9.63. The van der Waals surface area contributed by atoms with E-state index in [-0.39, 0.29) is 17.6 Å². The first-order chi connectivity index (χ1) is 11.7. The number of carbonyl (C=O) groups excluding carboxylic acids is 1. The van der Waals surface area contributed by atoms with Crippen molar-refractivity contribution < 1.29 is 4.79 Å². The van der Waals surface area contributed by atoms with Crippen molar-refractivity contribution in [3.63, 3.8) is 0 Å². The fourth-order valence-electron chi connectivity index (χ4n) is 4.84. The van der Waals surface area contributed by atoms with Crippen LogP contribution in [-0.2, 0) is 25.3 Å². The number of carbonyl (C=O) groups is 1. The summed E-state index contributed by atoms with van der Waals surface area (Å²) < 4.78 is 3.02. The number of rotatable bonds is 5. The fraction of sp³-hybridized carbons (Fsp3) is 0.842. The Morgan fingerprint density at radius 3 is 2.52 bits per heavy atom. The lowest BCUT2D eigenvalue weighted by Gasteiger charge is -2.42. The number of amides is 1. The van der Waals surface area contributed by atoms with Crippen molar-refractivity contribution in [1.29, 1.82) is 0 Å². The number of hydrogen-bond donors (Lipinski definition) is 1. The van der Waals surface area contributed by atoms with Gasteiger partial charge in [0.15, 0.2) is 0 Å². The highest BCUT2D eigenvalue weighted by molar-refractivity contribution is 5.76. The summed E-state index contributed by atoms with van der Waals surface area (Å²) in [5.41, 5.74) is 0.334. The smallest absolute Gasteiger partial charge is 0.345 e. The van der Waals surface area contributed by atoms with E-state index in [0.717, 1.165) is 37.9 Å². The van der Waals surface area contributed by atoms with Crippen LogP contribution in [0.15, 0.2) is 4.79 Å². The SMILES string of the molecule is Cn1nc(C[C@H]2CCCC[C@H]2NC(=O)CC2CC(C)(C)C2)n(C)c1=O. The third kappa shape index (κ3) is 4.15. The molecule has 1 amide bonds. The summed E-state index contributed by atoms with van der Waals surface area (Å²) in [5.74, 6) is 1.94. The second kappa shape index (κ2) is 6.96. The zero-order chi connectivity index (χ0) is 18.2. The van der Waals surface area contributed by atoms with Gasteiger partial charge in [-0.15, -0.1) is 0 Å². The van der Waals surface area contributed by atoms with E-state index in [1.165, 1.54) is 17.5 Å². The minimum absolute atomic E-state index is 0.0843. The molecule has 0 saturated heterocycles. The Bertz CT molecular complexity index is 680. The van der Waals surface area contributed by atoms with Crippen molar-refractivity contribution in [3.05, 3.63) is 16.3 Å². The van der Waals surface area contributed by atoms with Crippen LogP contribution in [0.5, 0.6) is 0 Å². The lowest BCUT2D eigenvalue weighted by atomic mass is 9.63. The summed E-state index contributed by atoms with van der Waals surface area (Å²) in [6.07, 6.45) is 8.21. The fourth-order valence-corrected chi connectivity index (χ4v) is 4.84. The minimum atomic E-state index is -0.0843. The molecule has 0 aromatic carbocycles. The lowest BCUT2D eigenvalue weighted by Crippen LogP contribution is -2.45. The first kappa shape index (κ1) is 18.2. The van der Waals surface area contributed by atoms with E-state index in [1.54, 1.807) is 18.7 Å². The van der Waals surface area contributed by atoms with Crippen molar-refractivity contribution in [3.8, 4) is 0 Å². The number of nitrogens with zero attached hydrogens (tertiary/aromatic N) is 3. The Morgan fingerprint density at radius 1 is 1.24 bits per heavy atom. The summed E-state index contributed by atoms with van der Waals surface area (Å²) in [7, 11) is 3.46. The minimum Gasteiger partial charge on any atom is -0.353 e. The zero-order valence-corrected chi connectivity index (χ0v) is 16.0. The van der Waals surface area contributed by atoms with E-state index in [0.29, 0.717) is 23.7 Å². The summed E-state index contributed by atoms with van der Waals surface area (Å²) in [6, 6.07) is 0.214. The molecule has 0 spiro atoms. The molecular formula is C19H32N4O2. The van der Waals surface area contributed by atoms with Gasteiger partial charge in [0.2, 0.25) is 5.91 Å². The molecule has 0 aliphatic heterocycles. The summed E-state index contributed by atoms with van der Waals surface area (Å²) in [4.78, 5) is 24.4. The van der Waals surface area contributed by atoms with Crippen LogP contribution in [-0.4, -0.2) is 26.3 Å². The molecule has 3 rings (SSSR count). The van der Waals surface area contributed by atoms with E-state index in [4.69, 9.17) is 0 Å². The maximum absolute atomic E-state index is 12.5. The molecule has 6 heteroatoms. The summed E-state index contributed by atoms with van der Waals surface area (Å²) >= 11 is 0.